The van der Waals surface area contributed by atoms with E-state index in [4.69, 9.17) is 22.1 Å². The van der Waals surface area contributed by atoms with Gasteiger partial charge in [-0.3, -0.25) is 4.79 Å². The lowest BCUT2D eigenvalue weighted by Crippen LogP contribution is -2.48. The van der Waals surface area contributed by atoms with Crippen LogP contribution < -0.4 is 20.5 Å². The van der Waals surface area contributed by atoms with Crippen molar-refractivity contribution < 1.29 is 36.9 Å². The molecule has 11 heteroatoms. The highest BCUT2D eigenvalue weighted by Crippen LogP contribution is 2.55. The summed E-state index contributed by atoms with van der Waals surface area (Å²) in [5.41, 5.74) is 4.21. The van der Waals surface area contributed by atoms with Crippen molar-refractivity contribution in [2.24, 2.45) is 5.73 Å². The summed E-state index contributed by atoms with van der Waals surface area (Å²) in [4.78, 5) is 12.4. The molecule has 41 heavy (non-hydrogen) atoms. The van der Waals surface area contributed by atoms with Crippen molar-refractivity contribution in [2.75, 3.05) is 6.54 Å². The summed E-state index contributed by atoms with van der Waals surface area (Å²) in [5.74, 6) is -5.62. The summed E-state index contributed by atoms with van der Waals surface area (Å²) in [5, 5.41) is 12.4. The van der Waals surface area contributed by atoms with Gasteiger partial charge in [-0.25, -0.2) is 8.78 Å². The molecule has 0 spiro atoms. The molecule has 1 saturated carbocycles. The molecule has 1 fully saturated rings. The maximum absolute atomic E-state index is 15.9. The Morgan fingerprint density at radius 2 is 1.80 bits per heavy atom. The molecule has 2 aliphatic rings. The minimum atomic E-state index is -3.50. The van der Waals surface area contributed by atoms with Gasteiger partial charge in [-0.2, -0.15) is 8.78 Å². The van der Waals surface area contributed by atoms with Gasteiger partial charge < -0.3 is 25.6 Å². The van der Waals surface area contributed by atoms with E-state index in [1.54, 1.807) is 6.07 Å². The van der Waals surface area contributed by atoms with Crippen LogP contribution in [0.1, 0.15) is 60.0 Å². The summed E-state index contributed by atoms with van der Waals surface area (Å²) >= 11 is 5.82. The number of hydrogen-bond donors (Lipinski definition) is 3. The van der Waals surface area contributed by atoms with E-state index in [-0.39, 0.29) is 17.7 Å². The number of alkyl halides is 2. The Kier molecular flexibility index (Phi) is 8.18. The molecule has 1 heterocycles. The van der Waals surface area contributed by atoms with Crippen LogP contribution in [0.2, 0.25) is 5.02 Å². The summed E-state index contributed by atoms with van der Waals surface area (Å²) in [7, 11) is 0. The Morgan fingerprint density at radius 3 is 2.44 bits per heavy atom. The van der Waals surface area contributed by atoms with Crippen molar-refractivity contribution in [3.05, 3.63) is 81.9 Å². The molecular weight excluding hydrogens is 564 g/mol. The average molecular weight is 593 g/mol. The highest BCUT2D eigenvalue weighted by atomic mass is 35.5. The van der Waals surface area contributed by atoms with Crippen LogP contribution in [0, 0.1) is 11.6 Å². The fraction of sp³-hybridized carbons (Fsp3) is 0.367. The molecule has 0 unspecified atom stereocenters. The van der Waals surface area contributed by atoms with Gasteiger partial charge in [0.2, 0.25) is 0 Å². The molecule has 5 rings (SSSR count). The predicted octanol–water partition coefficient (Wildman–Crippen LogP) is 6.27. The second-order valence-electron chi connectivity index (χ2n) is 10.4. The Morgan fingerprint density at radius 1 is 1.12 bits per heavy atom. The quantitative estimate of drug-likeness (QED) is 0.212. The largest absolute Gasteiger partial charge is 0.480 e. The lowest BCUT2D eigenvalue weighted by Gasteiger charge is -2.37. The molecule has 0 saturated heterocycles. The third-order valence-electron chi connectivity index (χ3n) is 8.11. The van der Waals surface area contributed by atoms with E-state index < -0.39 is 57.6 Å². The minimum Gasteiger partial charge on any atom is -0.480 e. The van der Waals surface area contributed by atoms with E-state index in [9.17, 15) is 18.7 Å². The van der Waals surface area contributed by atoms with Crippen LogP contribution in [-0.2, 0) is 5.60 Å². The van der Waals surface area contributed by atoms with E-state index in [1.807, 2.05) is 37.3 Å². The van der Waals surface area contributed by atoms with Crippen molar-refractivity contribution in [2.45, 2.75) is 62.9 Å². The first-order chi connectivity index (χ1) is 19.5. The molecular formula is C30H29ClF4N2O4. The first-order valence-electron chi connectivity index (χ1n) is 13.3. The van der Waals surface area contributed by atoms with Crippen molar-refractivity contribution in [3.63, 3.8) is 0 Å². The zero-order valence-corrected chi connectivity index (χ0v) is 22.9. The van der Waals surface area contributed by atoms with Crippen LogP contribution in [0.15, 0.2) is 48.5 Å². The molecule has 6 nitrogen and oxygen atoms in total. The van der Waals surface area contributed by atoms with Gasteiger partial charge in [0.1, 0.15) is 10.8 Å². The molecule has 2 atom stereocenters. The molecule has 0 radical (unpaired) electrons. The van der Waals surface area contributed by atoms with Gasteiger partial charge in [-0.15, -0.1) is 0 Å². The number of carbonyl (C=O) groups is 1. The molecule has 4 N–H and O–H groups in total. The maximum Gasteiger partial charge on any atom is 0.387 e. The van der Waals surface area contributed by atoms with Gasteiger partial charge in [-0.1, -0.05) is 61.0 Å². The lowest BCUT2D eigenvalue weighted by molar-refractivity contribution is -0.0522. The number of primary amides is 1. The molecule has 1 amide bonds. The van der Waals surface area contributed by atoms with Crippen LogP contribution >= 0.6 is 11.6 Å². The maximum atomic E-state index is 15.9. The number of nitrogens with one attached hydrogen (secondary N) is 1. The van der Waals surface area contributed by atoms with Crippen LogP contribution in [0.5, 0.6) is 11.5 Å². The molecule has 218 valence electrons. The van der Waals surface area contributed by atoms with Crippen LogP contribution in [0.4, 0.5) is 17.6 Å². The van der Waals surface area contributed by atoms with Crippen molar-refractivity contribution in [3.8, 4) is 22.6 Å². The smallest absolute Gasteiger partial charge is 0.387 e. The minimum absolute atomic E-state index is 0.0366. The Bertz CT molecular complexity index is 1450. The number of carbonyl (C=O) groups excluding carboxylic acids is 1. The second kappa shape index (κ2) is 11.5. The molecule has 0 aromatic heterocycles. The first-order valence-corrected chi connectivity index (χ1v) is 13.7. The number of nitrogens with two attached hydrogens (primary N) is 1. The highest BCUT2D eigenvalue weighted by molar-refractivity contribution is 6.33. The van der Waals surface area contributed by atoms with Crippen LogP contribution in [0.3, 0.4) is 0 Å². The number of aliphatic hydroxyl groups is 1. The van der Waals surface area contributed by atoms with Gasteiger partial charge in [0.05, 0.1) is 11.7 Å². The molecule has 3 aromatic rings. The number of ether oxygens (including phenoxy) is 2. The number of halogens is 5. The summed E-state index contributed by atoms with van der Waals surface area (Å²) in [6.45, 7) is -1.30. The van der Waals surface area contributed by atoms with E-state index in [0.717, 1.165) is 18.4 Å². The number of rotatable bonds is 8. The van der Waals surface area contributed by atoms with Gasteiger partial charge >= 0.3 is 6.61 Å². The third-order valence-corrected chi connectivity index (χ3v) is 8.44. The van der Waals surface area contributed by atoms with E-state index in [0.29, 0.717) is 30.7 Å². The van der Waals surface area contributed by atoms with Crippen molar-refractivity contribution in [1.29, 1.82) is 0 Å². The first kappa shape index (κ1) is 29.2. The summed E-state index contributed by atoms with van der Waals surface area (Å²) in [6, 6.07) is 14.2. The number of aliphatic hydroxyl groups excluding tert-OH is 1. The summed E-state index contributed by atoms with van der Waals surface area (Å²) < 4.78 is 68.4. The number of hydrogen-bond acceptors (Lipinski definition) is 5. The number of amides is 1. The third kappa shape index (κ3) is 5.24. The number of fused-ring (bicyclic) bond motifs is 1. The normalized spacial score (nSPS) is 23.8. The fourth-order valence-electron chi connectivity index (χ4n) is 6.03. The zero-order chi connectivity index (χ0) is 29.5. The van der Waals surface area contributed by atoms with Gasteiger partial charge in [-0.05, 0) is 42.9 Å². The fourth-order valence-corrected chi connectivity index (χ4v) is 6.25. The molecule has 1 aliphatic heterocycles. The monoisotopic (exact) mass is 592 g/mol. The lowest BCUT2D eigenvalue weighted by atomic mass is 9.77. The van der Waals surface area contributed by atoms with Gasteiger partial charge in [0.15, 0.2) is 23.0 Å². The predicted molar refractivity (Wildman–Crippen MR) is 145 cm³/mol. The highest BCUT2D eigenvalue weighted by Gasteiger charge is 2.49. The SMILES string of the molecule is C[C@H]1c2c(cccc2-c2c(F)c(OC(F)F)c(Cl)c(F)c2C(N)=O)O[C@]1(CN[C@H]1CC[C@@H](O)CC1)c1ccccc1. The Labute approximate surface area is 239 Å². The van der Waals surface area contributed by atoms with Crippen molar-refractivity contribution >= 4 is 17.5 Å². The number of benzene rings is 3. The Hall–Kier alpha value is -3.34. The van der Waals surface area contributed by atoms with E-state index in [2.05, 4.69) is 10.1 Å². The molecule has 0 bridgehead atoms. The van der Waals surface area contributed by atoms with E-state index >= 15 is 8.78 Å². The van der Waals surface area contributed by atoms with Gasteiger partial charge in [0.25, 0.3) is 5.91 Å². The van der Waals surface area contributed by atoms with E-state index in [1.165, 1.54) is 12.1 Å². The topological polar surface area (TPSA) is 93.8 Å². The zero-order valence-electron chi connectivity index (χ0n) is 22.1. The average Bonchev–Trinajstić information content (AvgIpc) is 3.25. The molecule has 3 aromatic carbocycles. The van der Waals surface area contributed by atoms with Crippen molar-refractivity contribution in [1.82, 2.24) is 5.32 Å². The second-order valence-corrected chi connectivity index (χ2v) is 10.8. The van der Waals surface area contributed by atoms with Crippen LogP contribution in [-0.4, -0.2) is 36.3 Å². The Balaban J connectivity index is 1.65. The summed E-state index contributed by atoms with van der Waals surface area (Å²) in [6.07, 6.45) is 2.59. The molecule has 1 aliphatic carbocycles. The van der Waals surface area contributed by atoms with Gasteiger partial charge in [0, 0.05) is 29.6 Å². The van der Waals surface area contributed by atoms with Crippen LogP contribution in [0.25, 0.3) is 11.1 Å². The standard InChI is InChI=1S/C30H29ClF4N2O4/c1-15-21-19(22-23(28(36)39)25(32)24(31)27(26(22)33)40-29(34)35)8-5-9-20(21)41-30(15,16-6-3-2-4-7-16)14-37-17-10-12-18(38)13-11-17/h2-9,15,17-18,29,37-38H,10-14H2,1H3,(H2,36,39)/t15-,17-,18+,30-/m0/s1.